The van der Waals surface area contributed by atoms with Crippen molar-refractivity contribution in [1.29, 1.82) is 0 Å². The Hall–Kier alpha value is -4.80. The van der Waals surface area contributed by atoms with Gasteiger partial charge in [-0.25, -0.2) is 0 Å². The van der Waals surface area contributed by atoms with Gasteiger partial charge in [0.05, 0.1) is 18.6 Å². The Kier molecular flexibility index (Phi) is 9.33. The molecule has 0 aliphatic carbocycles. The van der Waals surface area contributed by atoms with Gasteiger partial charge in [-0.05, 0) is 54.2 Å². The highest BCUT2D eigenvalue weighted by Gasteiger charge is 2.71. The number of hydrogen-bond acceptors (Lipinski definition) is 7. The highest BCUT2D eigenvalue weighted by molar-refractivity contribution is 6.06. The molecule has 2 saturated heterocycles. The zero-order chi connectivity index (χ0) is 34.0. The van der Waals surface area contributed by atoms with Gasteiger partial charge in [-0.1, -0.05) is 85.0 Å². The van der Waals surface area contributed by atoms with Gasteiger partial charge in [0.2, 0.25) is 11.8 Å². The van der Waals surface area contributed by atoms with Crippen LogP contribution < -0.4 is 10.2 Å². The van der Waals surface area contributed by atoms with Crippen LogP contribution in [-0.2, 0) is 28.7 Å². The molecule has 2 N–H and O–H groups in total. The molecule has 4 aliphatic heterocycles. The third kappa shape index (κ3) is 6.15. The Labute approximate surface area is 285 Å². The van der Waals surface area contributed by atoms with Crippen LogP contribution in [0.15, 0.2) is 97.1 Å². The largest absolute Gasteiger partial charge is 0.455 e. The minimum Gasteiger partial charge on any atom is -0.455 e. The molecule has 3 aromatic carbocycles. The van der Waals surface area contributed by atoms with E-state index in [1.807, 2.05) is 84.9 Å². The molecule has 10 nitrogen and oxygen atoms in total. The predicted molar refractivity (Wildman–Crippen MR) is 183 cm³/mol. The van der Waals surface area contributed by atoms with Gasteiger partial charge in [0.15, 0.2) is 0 Å². The number of anilines is 1. The molecule has 6 atom stereocenters. The summed E-state index contributed by atoms with van der Waals surface area (Å²) in [7, 11) is 0. The van der Waals surface area contributed by atoms with Gasteiger partial charge >= 0.3 is 5.97 Å². The van der Waals surface area contributed by atoms with E-state index in [0.29, 0.717) is 36.9 Å². The quantitative estimate of drug-likeness (QED) is 0.220. The Morgan fingerprint density at radius 2 is 1.67 bits per heavy atom. The Morgan fingerprint density at radius 1 is 0.878 bits per heavy atom. The number of fused-ring (bicyclic) bond motifs is 3. The molecule has 49 heavy (non-hydrogen) atoms. The van der Waals surface area contributed by atoms with Gasteiger partial charge in [0, 0.05) is 31.8 Å². The Morgan fingerprint density at radius 3 is 2.49 bits per heavy atom. The predicted octanol–water partition coefficient (Wildman–Crippen LogP) is 4.24. The maximum Gasteiger partial charge on any atom is 0.313 e. The lowest BCUT2D eigenvalue weighted by Gasteiger charge is -2.35. The minimum absolute atomic E-state index is 0.0371. The molecule has 0 unspecified atom stereocenters. The van der Waals surface area contributed by atoms with Gasteiger partial charge < -0.3 is 29.7 Å². The number of likely N-dealkylation sites (tertiary alicyclic amines) is 1. The van der Waals surface area contributed by atoms with Crippen LogP contribution in [0.2, 0.25) is 0 Å². The normalized spacial score (nSPS) is 29.3. The molecule has 3 amide bonds. The first kappa shape index (κ1) is 32.7. The van der Waals surface area contributed by atoms with Crippen molar-refractivity contribution >= 4 is 40.2 Å². The summed E-state index contributed by atoms with van der Waals surface area (Å²) in [5.41, 5.74) is -0.00909. The number of rotatable bonds is 7. The summed E-state index contributed by atoms with van der Waals surface area (Å²) in [4.78, 5) is 59.7. The number of allylic oxidation sites excluding steroid dienone is 1. The van der Waals surface area contributed by atoms with Crippen molar-refractivity contribution in [2.75, 3.05) is 31.1 Å². The molecule has 10 heteroatoms. The zero-order valence-corrected chi connectivity index (χ0v) is 27.3. The second kappa shape index (κ2) is 14.0. The second-order valence-corrected chi connectivity index (χ2v) is 13.1. The average molecular weight is 664 g/mol. The maximum absolute atomic E-state index is 14.8. The fraction of sp³-hybridized carbons (Fsp3) is 0.385. The molecule has 7 rings (SSSR count). The van der Waals surface area contributed by atoms with Crippen LogP contribution in [0.3, 0.4) is 0 Å². The van der Waals surface area contributed by atoms with Crippen molar-refractivity contribution in [2.45, 2.75) is 56.0 Å². The van der Waals surface area contributed by atoms with E-state index in [-0.39, 0.29) is 50.4 Å². The van der Waals surface area contributed by atoms with E-state index in [4.69, 9.17) is 9.47 Å². The molecule has 2 fully saturated rings. The van der Waals surface area contributed by atoms with E-state index in [1.165, 1.54) is 0 Å². The second-order valence-electron chi connectivity index (χ2n) is 13.1. The van der Waals surface area contributed by atoms with Crippen LogP contribution in [0.25, 0.3) is 10.8 Å². The third-order valence-electron chi connectivity index (χ3n) is 10.1. The van der Waals surface area contributed by atoms with E-state index in [0.717, 1.165) is 10.8 Å². The number of hydrogen-bond donors (Lipinski definition) is 2. The van der Waals surface area contributed by atoms with Crippen LogP contribution in [0, 0.1) is 11.8 Å². The molecule has 3 aromatic rings. The fourth-order valence-electron chi connectivity index (χ4n) is 7.79. The monoisotopic (exact) mass is 663 g/mol. The minimum atomic E-state index is -1.42. The number of carbonyl (C=O) groups excluding carboxylic acids is 4. The number of aliphatic hydroxyl groups is 1. The van der Waals surface area contributed by atoms with Crippen molar-refractivity contribution in [3.05, 3.63) is 103 Å². The molecular formula is C39H41N3O7. The lowest BCUT2D eigenvalue weighted by atomic mass is 9.78. The fourth-order valence-corrected chi connectivity index (χ4v) is 7.79. The molecule has 1 spiro atoms. The SMILES string of the molecule is O=C1CC/C=C\[C@H]2O[C@]34C=CCN(c5ccc6ccccc6c5)C(=O)[C@H]3N(CCCCCO)C(=O)[C@@H]4[C@H]2C(=O)O[C@H](c2ccccc2)CN1. The average Bonchev–Trinajstić information content (AvgIpc) is 3.50. The van der Waals surface area contributed by atoms with Gasteiger partial charge in [-0.3, -0.25) is 19.2 Å². The number of carbonyl (C=O) groups is 4. The van der Waals surface area contributed by atoms with Crippen LogP contribution >= 0.6 is 0 Å². The van der Waals surface area contributed by atoms with E-state index < -0.39 is 41.7 Å². The van der Waals surface area contributed by atoms with E-state index in [9.17, 15) is 24.3 Å². The zero-order valence-electron chi connectivity index (χ0n) is 27.3. The maximum atomic E-state index is 14.8. The molecule has 0 aromatic heterocycles. The number of esters is 1. The first-order valence-electron chi connectivity index (χ1n) is 17.2. The summed E-state index contributed by atoms with van der Waals surface area (Å²) in [6.07, 6.45) is 8.06. The van der Waals surface area contributed by atoms with Crippen molar-refractivity contribution in [1.82, 2.24) is 10.2 Å². The third-order valence-corrected chi connectivity index (χ3v) is 10.1. The highest BCUT2D eigenvalue weighted by Crippen LogP contribution is 2.53. The van der Waals surface area contributed by atoms with Crippen LogP contribution in [-0.4, -0.2) is 77.7 Å². The number of amides is 3. The standard InChI is InChI=1S/C39H41N3O7/c43-23-10-2-9-21-42-35-37(46)41(29-19-18-26-12-5-6-15-28(26)24-29)22-11-20-39(35)34(36(42)45)33-30(49-39)16-7-8-17-32(44)40-25-31(48-38(33)47)27-13-3-1-4-14-27/h1,3-7,11-16,18-20,24,30-31,33-35,43H,2,8-10,17,21-23,25H2,(H,40,44)/b16-7-/t30-,31+,33+,34+,35-,39+/m1/s1. The number of ether oxygens (including phenoxy) is 2. The van der Waals surface area contributed by atoms with E-state index >= 15 is 0 Å². The van der Waals surface area contributed by atoms with Crippen molar-refractivity contribution < 1.29 is 33.8 Å². The summed E-state index contributed by atoms with van der Waals surface area (Å²) < 4.78 is 13.0. The number of aliphatic hydroxyl groups excluding tert-OH is 1. The van der Waals surface area contributed by atoms with Crippen LogP contribution in [0.5, 0.6) is 0 Å². The van der Waals surface area contributed by atoms with Crippen LogP contribution in [0.1, 0.15) is 43.8 Å². The van der Waals surface area contributed by atoms with Gasteiger partial charge in [-0.2, -0.15) is 0 Å². The van der Waals surface area contributed by atoms with E-state index in [2.05, 4.69) is 5.32 Å². The number of nitrogens with zero attached hydrogens (tertiary/aromatic N) is 2. The summed E-state index contributed by atoms with van der Waals surface area (Å²) in [6, 6.07) is 22.0. The first-order chi connectivity index (χ1) is 23.9. The number of benzene rings is 3. The van der Waals surface area contributed by atoms with E-state index in [1.54, 1.807) is 22.0 Å². The Bertz CT molecular complexity index is 1790. The number of unbranched alkanes of at least 4 members (excludes halogenated alkanes) is 2. The van der Waals surface area contributed by atoms with Crippen LogP contribution in [0.4, 0.5) is 5.69 Å². The molecule has 4 aliphatic rings. The summed E-state index contributed by atoms with van der Waals surface area (Å²) in [5.74, 6) is -3.44. The van der Waals surface area contributed by atoms with Gasteiger partial charge in [0.1, 0.15) is 23.7 Å². The molecule has 0 saturated carbocycles. The molecular weight excluding hydrogens is 622 g/mol. The number of cyclic esters (lactones) is 1. The summed E-state index contributed by atoms with van der Waals surface area (Å²) >= 11 is 0. The first-order valence-corrected chi connectivity index (χ1v) is 17.2. The highest BCUT2D eigenvalue weighted by atomic mass is 16.6. The molecule has 0 radical (unpaired) electrons. The molecule has 4 heterocycles. The van der Waals surface area contributed by atoms with Gasteiger partial charge in [0.25, 0.3) is 5.91 Å². The smallest absolute Gasteiger partial charge is 0.313 e. The number of nitrogens with one attached hydrogen (secondary N) is 1. The molecule has 0 bridgehead atoms. The van der Waals surface area contributed by atoms with Crippen molar-refractivity contribution in [3.8, 4) is 0 Å². The van der Waals surface area contributed by atoms with Crippen molar-refractivity contribution in [3.63, 3.8) is 0 Å². The lowest BCUT2D eigenvalue weighted by Crippen LogP contribution is -2.55. The van der Waals surface area contributed by atoms with Gasteiger partial charge in [-0.15, -0.1) is 0 Å². The Balaban J connectivity index is 1.28. The lowest BCUT2D eigenvalue weighted by molar-refractivity contribution is -0.159. The molecule has 254 valence electrons. The van der Waals surface area contributed by atoms with Crippen molar-refractivity contribution in [2.24, 2.45) is 11.8 Å². The summed E-state index contributed by atoms with van der Waals surface area (Å²) in [5, 5.41) is 14.3. The topological polar surface area (TPSA) is 125 Å². The summed E-state index contributed by atoms with van der Waals surface area (Å²) in [6.45, 7) is 0.656.